The van der Waals surface area contributed by atoms with Crippen LogP contribution in [0.15, 0.2) is 41.0 Å². The van der Waals surface area contributed by atoms with Crippen LogP contribution in [0.5, 0.6) is 5.75 Å². The van der Waals surface area contributed by atoms with Crippen molar-refractivity contribution in [2.24, 2.45) is 0 Å². The molecular formula is C24H24N4O4S. The fourth-order valence-corrected chi connectivity index (χ4v) is 4.57. The highest BCUT2D eigenvalue weighted by Crippen LogP contribution is 2.32. The monoisotopic (exact) mass is 464 g/mol. The van der Waals surface area contributed by atoms with E-state index in [1.54, 1.807) is 25.3 Å². The van der Waals surface area contributed by atoms with Gasteiger partial charge in [-0.05, 0) is 69.5 Å². The zero-order chi connectivity index (χ0) is 23.7. The van der Waals surface area contributed by atoms with Crippen LogP contribution in [0, 0.1) is 27.7 Å². The van der Waals surface area contributed by atoms with Gasteiger partial charge in [-0.3, -0.25) is 20.4 Å². The molecule has 9 heteroatoms. The molecule has 0 fully saturated rings. The van der Waals surface area contributed by atoms with E-state index >= 15 is 0 Å². The van der Waals surface area contributed by atoms with E-state index < -0.39 is 17.9 Å². The molecule has 1 aromatic carbocycles. The molecule has 2 N–H and O–H groups in total. The van der Waals surface area contributed by atoms with Crippen LogP contribution in [0.2, 0.25) is 0 Å². The average molecular weight is 465 g/mol. The maximum Gasteiger partial charge on any atom is 0.280 e. The fraction of sp³-hybridized carbons (Fsp3) is 0.250. The molecule has 4 rings (SSSR count). The maximum atomic E-state index is 12.8. The van der Waals surface area contributed by atoms with Crippen LogP contribution in [-0.2, 0) is 4.79 Å². The Hall–Kier alpha value is -3.72. The Balaban J connectivity index is 1.47. The van der Waals surface area contributed by atoms with Crippen molar-refractivity contribution in [1.82, 2.24) is 20.8 Å². The third-order valence-electron chi connectivity index (χ3n) is 5.45. The Kier molecular flexibility index (Phi) is 6.15. The maximum absolute atomic E-state index is 12.8. The summed E-state index contributed by atoms with van der Waals surface area (Å²) in [6.07, 6.45) is 0.767. The van der Waals surface area contributed by atoms with Gasteiger partial charge >= 0.3 is 0 Å². The second-order valence-corrected chi connectivity index (χ2v) is 8.75. The Morgan fingerprint density at radius 3 is 2.55 bits per heavy atom. The second-order valence-electron chi connectivity index (χ2n) is 7.75. The number of fused-ring (bicyclic) bond motifs is 1. The molecule has 0 aliphatic heterocycles. The molecule has 1 unspecified atom stereocenters. The number of aryl methyl sites for hydroxylation is 3. The number of hydrazine groups is 1. The first kappa shape index (κ1) is 22.5. The molecule has 8 nitrogen and oxygen atoms in total. The van der Waals surface area contributed by atoms with Gasteiger partial charge in [0.25, 0.3) is 11.8 Å². The zero-order valence-electron chi connectivity index (χ0n) is 19.0. The summed E-state index contributed by atoms with van der Waals surface area (Å²) in [5, 5.41) is 0.818. The molecule has 170 valence electrons. The van der Waals surface area contributed by atoms with E-state index in [0.29, 0.717) is 27.0 Å². The van der Waals surface area contributed by atoms with Crippen LogP contribution in [0.4, 0.5) is 0 Å². The number of carbonyl (C=O) groups is 2. The van der Waals surface area contributed by atoms with Gasteiger partial charge in [-0.15, -0.1) is 11.3 Å². The number of carbonyl (C=O) groups excluding carboxylic acids is 2. The predicted molar refractivity (Wildman–Crippen MR) is 126 cm³/mol. The summed E-state index contributed by atoms with van der Waals surface area (Å²) in [4.78, 5) is 35.5. The molecule has 0 bridgehead atoms. The lowest BCUT2D eigenvalue weighted by Crippen LogP contribution is -2.47. The van der Waals surface area contributed by atoms with Crippen LogP contribution in [0.25, 0.3) is 21.8 Å². The SMILES string of the molecule is Cc1cccc(OC(C)C(=O)NNC(=O)c2sc3nc(-c4ccco4)nc(C)c3c2C)c1C. The second kappa shape index (κ2) is 9.03. The summed E-state index contributed by atoms with van der Waals surface area (Å²) >= 11 is 1.24. The molecule has 0 aliphatic carbocycles. The third kappa shape index (κ3) is 4.45. The minimum Gasteiger partial charge on any atom is -0.481 e. The summed E-state index contributed by atoms with van der Waals surface area (Å²) in [6, 6.07) is 9.21. The van der Waals surface area contributed by atoms with Crippen LogP contribution in [0.3, 0.4) is 0 Å². The highest BCUT2D eigenvalue weighted by Gasteiger charge is 2.22. The van der Waals surface area contributed by atoms with Gasteiger partial charge in [0.05, 0.1) is 16.8 Å². The van der Waals surface area contributed by atoms with Gasteiger partial charge in [0.15, 0.2) is 17.7 Å². The van der Waals surface area contributed by atoms with E-state index in [4.69, 9.17) is 9.15 Å². The van der Waals surface area contributed by atoms with Crippen molar-refractivity contribution < 1.29 is 18.7 Å². The van der Waals surface area contributed by atoms with E-state index in [0.717, 1.165) is 27.8 Å². The third-order valence-corrected chi connectivity index (χ3v) is 6.63. The van der Waals surface area contributed by atoms with Gasteiger partial charge in [0, 0.05) is 5.39 Å². The normalized spacial score (nSPS) is 11.9. The molecule has 0 saturated heterocycles. The number of amides is 2. The van der Waals surface area contributed by atoms with E-state index in [-0.39, 0.29) is 0 Å². The van der Waals surface area contributed by atoms with Crippen molar-refractivity contribution in [3.63, 3.8) is 0 Å². The standard InChI is InChI=1S/C24H24N4O4S/c1-12-8-6-9-17(13(12)2)32-16(5)22(29)27-28-23(30)20-14(3)19-15(4)25-21(26-24(19)33-20)18-10-7-11-31-18/h6-11,16H,1-5H3,(H,27,29)(H,28,30). The van der Waals surface area contributed by atoms with Crippen LogP contribution in [-0.4, -0.2) is 27.9 Å². The number of aromatic nitrogens is 2. The van der Waals surface area contributed by atoms with Crippen LogP contribution >= 0.6 is 11.3 Å². The minimum absolute atomic E-state index is 0.429. The van der Waals surface area contributed by atoms with Gasteiger partial charge in [0.2, 0.25) is 0 Å². The number of furan rings is 1. The molecule has 0 aliphatic rings. The molecule has 4 aromatic rings. The van der Waals surface area contributed by atoms with Crippen LogP contribution in [0.1, 0.15) is 39.0 Å². The quantitative estimate of drug-likeness (QED) is 0.424. The van der Waals surface area contributed by atoms with Crippen LogP contribution < -0.4 is 15.6 Å². The highest BCUT2D eigenvalue weighted by molar-refractivity contribution is 7.20. The molecular weight excluding hydrogens is 440 g/mol. The molecule has 33 heavy (non-hydrogen) atoms. The minimum atomic E-state index is -0.793. The van der Waals surface area contributed by atoms with E-state index in [9.17, 15) is 9.59 Å². The number of benzene rings is 1. The number of nitrogens with zero attached hydrogens (tertiary/aromatic N) is 2. The predicted octanol–water partition coefficient (Wildman–Crippen LogP) is 4.41. The highest BCUT2D eigenvalue weighted by atomic mass is 32.1. The lowest BCUT2D eigenvalue weighted by Gasteiger charge is -2.17. The number of rotatable bonds is 5. The summed E-state index contributed by atoms with van der Waals surface area (Å²) in [7, 11) is 0. The first-order valence-corrected chi connectivity index (χ1v) is 11.2. The number of nitrogens with one attached hydrogen (secondary N) is 2. The Labute approximate surface area is 195 Å². The first-order chi connectivity index (χ1) is 15.8. The summed E-state index contributed by atoms with van der Waals surface area (Å²) in [5.41, 5.74) is 8.47. The van der Waals surface area contributed by atoms with Crippen molar-refractivity contribution in [1.29, 1.82) is 0 Å². The molecule has 0 radical (unpaired) electrons. The number of ether oxygens (including phenoxy) is 1. The molecule has 2 amide bonds. The van der Waals surface area contributed by atoms with E-state index in [1.165, 1.54) is 11.3 Å². The molecule has 0 saturated carbocycles. The summed E-state index contributed by atoms with van der Waals surface area (Å²) in [5.74, 6) is 0.762. The van der Waals surface area contributed by atoms with Gasteiger partial charge in [-0.25, -0.2) is 9.97 Å². The van der Waals surface area contributed by atoms with E-state index in [2.05, 4.69) is 20.8 Å². The first-order valence-electron chi connectivity index (χ1n) is 10.4. The smallest absolute Gasteiger partial charge is 0.280 e. The zero-order valence-corrected chi connectivity index (χ0v) is 19.8. The lowest BCUT2D eigenvalue weighted by molar-refractivity contribution is -0.128. The van der Waals surface area contributed by atoms with Gasteiger partial charge < -0.3 is 9.15 Å². The van der Waals surface area contributed by atoms with Crippen molar-refractivity contribution in [3.8, 4) is 17.3 Å². The largest absolute Gasteiger partial charge is 0.481 e. The number of hydrogen-bond acceptors (Lipinski definition) is 7. The van der Waals surface area contributed by atoms with Crippen molar-refractivity contribution in [2.45, 2.75) is 40.7 Å². The lowest BCUT2D eigenvalue weighted by atomic mass is 10.1. The Bertz CT molecular complexity index is 1340. The molecule has 3 aromatic heterocycles. The Morgan fingerprint density at radius 1 is 1.03 bits per heavy atom. The van der Waals surface area contributed by atoms with Gasteiger partial charge in [0.1, 0.15) is 10.6 Å². The molecule has 1 atom stereocenters. The topological polar surface area (TPSA) is 106 Å². The summed E-state index contributed by atoms with van der Waals surface area (Å²) < 4.78 is 11.2. The van der Waals surface area contributed by atoms with Gasteiger partial charge in [-0.2, -0.15) is 0 Å². The molecule has 0 spiro atoms. The Morgan fingerprint density at radius 2 is 1.82 bits per heavy atom. The number of hydrogen-bond donors (Lipinski definition) is 2. The van der Waals surface area contributed by atoms with E-state index in [1.807, 2.05) is 45.9 Å². The van der Waals surface area contributed by atoms with Crippen molar-refractivity contribution >= 4 is 33.4 Å². The van der Waals surface area contributed by atoms with Gasteiger partial charge in [-0.1, -0.05) is 12.1 Å². The molecule has 3 heterocycles. The van der Waals surface area contributed by atoms with Crippen molar-refractivity contribution in [2.75, 3.05) is 0 Å². The average Bonchev–Trinajstić information content (AvgIpc) is 3.43. The fourth-order valence-electron chi connectivity index (χ4n) is 3.44. The summed E-state index contributed by atoms with van der Waals surface area (Å²) in [6.45, 7) is 9.24. The van der Waals surface area contributed by atoms with Crippen molar-refractivity contribution in [3.05, 3.63) is 63.9 Å². The number of thiophene rings is 1.